The van der Waals surface area contributed by atoms with E-state index in [1.165, 1.54) is 6.08 Å². The van der Waals surface area contributed by atoms with E-state index in [4.69, 9.17) is 0 Å². The van der Waals surface area contributed by atoms with Crippen molar-refractivity contribution >= 4 is 11.6 Å². The molecule has 0 atom stereocenters. The highest BCUT2D eigenvalue weighted by Crippen LogP contribution is 2.24. The average Bonchev–Trinajstić information content (AvgIpc) is 2.12. The Hall–Kier alpha value is -1.44. The van der Waals surface area contributed by atoms with E-state index in [2.05, 4.69) is 0 Å². The molecule has 2 aliphatic rings. The van der Waals surface area contributed by atoms with Crippen molar-refractivity contribution in [1.29, 1.82) is 0 Å². The highest BCUT2D eigenvalue weighted by molar-refractivity contribution is 6.48. The van der Waals surface area contributed by atoms with Crippen molar-refractivity contribution in [2.24, 2.45) is 0 Å². The molecule has 0 N–H and O–H groups in total. The highest BCUT2D eigenvalue weighted by Gasteiger charge is 2.23. The minimum absolute atomic E-state index is 0.322. The number of rotatable bonds is 0. The first-order valence-corrected chi connectivity index (χ1v) is 3.93. The van der Waals surface area contributed by atoms with Gasteiger partial charge in [-0.15, -0.1) is 0 Å². The monoisotopic (exact) mass is 160 g/mol. The fourth-order valence-corrected chi connectivity index (χ4v) is 1.47. The molecule has 2 nitrogen and oxygen atoms in total. The van der Waals surface area contributed by atoms with Crippen LogP contribution in [-0.2, 0) is 9.59 Å². The van der Waals surface area contributed by atoms with Gasteiger partial charge >= 0.3 is 0 Å². The summed E-state index contributed by atoms with van der Waals surface area (Å²) in [5, 5.41) is 0. The van der Waals surface area contributed by atoms with Crippen LogP contribution < -0.4 is 0 Å². The number of ketones is 2. The first-order valence-electron chi connectivity index (χ1n) is 3.93. The third-order valence-electron chi connectivity index (χ3n) is 2.15. The van der Waals surface area contributed by atoms with E-state index < -0.39 is 0 Å². The Kier molecular flexibility index (Phi) is 1.54. The standard InChI is InChI=1S/C10H8O2/c11-9-6-5-7-3-1-2-4-8(7)10(9)12/h1-2,5-6H,3-4H2. The van der Waals surface area contributed by atoms with Crippen LogP contribution in [0.15, 0.2) is 35.5 Å². The van der Waals surface area contributed by atoms with E-state index in [-0.39, 0.29) is 11.6 Å². The first kappa shape index (κ1) is 7.22. The topological polar surface area (TPSA) is 34.1 Å². The van der Waals surface area contributed by atoms with Crippen LogP contribution >= 0.6 is 0 Å². The van der Waals surface area contributed by atoms with E-state index in [9.17, 15) is 9.59 Å². The Balaban J connectivity index is 2.43. The molecule has 2 aliphatic carbocycles. The van der Waals surface area contributed by atoms with Crippen LogP contribution in [0.3, 0.4) is 0 Å². The molecule has 0 amide bonds. The third-order valence-corrected chi connectivity index (χ3v) is 2.15. The van der Waals surface area contributed by atoms with Gasteiger partial charge in [0.15, 0.2) is 0 Å². The van der Waals surface area contributed by atoms with E-state index in [1.54, 1.807) is 6.08 Å². The molecular weight excluding hydrogens is 152 g/mol. The van der Waals surface area contributed by atoms with Crippen molar-refractivity contribution in [1.82, 2.24) is 0 Å². The summed E-state index contributed by atoms with van der Waals surface area (Å²) in [6.07, 6.45) is 8.47. The minimum atomic E-state index is -0.385. The van der Waals surface area contributed by atoms with Crippen LogP contribution in [0.25, 0.3) is 0 Å². The summed E-state index contributed by atoms with van der Waals surface area (Å²) in [6.45, 7) is 0. The Morgan fingerprint density at radius 2 is 1.75 bits per heavy atom. The van der Waals surface area contributed by atoms with Gasteiger partial charge in [0.1, 0.15) is 0 Å². The van der Waals surface area contributed by atoms with Crippen molar-refractivity contribution in [3.8, 4) is 0 Å². The molecule has 2 heteroatoms. The van der Waals surface area contributed by atoms with Gasteiger partial charge in [0, 0.05) is 5.57 Å². The lowest BCUT2D eigenvalue weighted by Crippen LogP contribution is -2.19. The molecular formula is C10H8O2. The zero-order chi connectivity index (χ0) is 8.55. The normalized spacial score (nSPS) is 21.7. The average molecular weight is 160 g/mol. The van der Waals surface area contributed by atoms with Crippen LogP contribution in [0.4, 0.5) is 0 Å². The van der Waals surface area contributed by atoms with Gasteiger partial charge in [-0.05, 0) is 24.5 Å². The summed E-state index contributed by atoms with van der Waals surface area (Å²) in [5.74, 6) is -0.707. The van der Waals surface area contributed by atoms with Crippen molar-refractivity contribution in [2.45, 2.75) is 12.8 Å². The predicted octanol–water partition coefficient (Wildman–Crippen LogP) is 1.34. The molecule has 0 spiro atoms. The minimum Gasteiger partial charge on any atom is -0.286 e. The second-order valence-corrected chi connectivity index (χ2v) is 2.91. The highest BCUT2D eigenvalue weighted by atomic mass is 16.2. The summed E-state index contributed by atoms with van der Waals surface area (Å²) in [7, 11) is 0. The van der Waals surface area contributed by atoms with Gasteiger partial charge < -0.3 is 0 Å². The van der Waals surface area contributed by atoms with Crippen LogP contribution in [0, 0.1) is 0 Å². The summed E-state index contributed by atoms with van der Waals surface area (Å²) >= 11 is 0. The first-order chi connectivity index (χ1) is 5.79. The van der Waals surface area contributed by atoms with Crippen LogP contribution in [0.5, 0.6) is 0 Å². The van der Waals surface area contributed by atoms with Crippen molar-refractivity contribution in [2.75, 3.05) is 0 Å². The molecule has 0 saturated carbocycles. The Bertz CT molecular complexity index is 343. The summed E-state index contributed by atoms with van der Waals surface area (Å²) in [6, 6.07) is 0. The fourth-order valence-electron chi connectivity index (χ4n) is 1.47. The molecule has 0 aromatic carbocycles. The number of hydrogen-bond acceptors (Lipinski definition) is 2. The van der Waals surface area contributed by atoms with E-state index in [0.29, 0.717) is 12.0 Å². The molecule has 0 aromatic rings. The van der Waals surface area contributed by atoms with Gasteiger partial charge in [0.05, 0.1) is 0 Å². The SMILES string of the molecule is O=C1C=CC2=C(CC=CC2)C1=O. The molecule has 60 valence electrons. The molecule has 0 unspecified atom stereocenters. The molecule has 0 radical (unpaired) electrons. The van der Waals surface area contributed by atoms with Gasteiger partial charge in [0.2, 0.25) is 11.6 Å². The lowest BCUT2D eigenvalue weighted by atomic mass is 9.88. The van der Waals surface area contributed by atoms with E-state index >= 15 is 0 Å². The molecule has 0 heterocycles. The Morgan fingerprint density at radius 1 is 1.00 bits per heavy atom. The smallest absolute Gasteiger partial charge is 0.229 e. The molecule has 0 fully saturated rings. The fraction of sp³-hybridized carbons (Fsp3) is 0.200. The van der Waals surface area contributed by atoms with E-state index in [0.717, 1.165) is 12.0 Å². The predicted molar refractivity (Wildman–Crippen MR) is 44.6 cm³/mol. The maximum Gasteiger partial charge on any atom is 0.229 e. The third kappa shape index (κ3) is 0.961. The number of carbonyl (C=O) groups is 2. The van der Waals surface area contributed by atoms with Crippen molar-refractivity contribution in [3.63, 3.8) is 0 Å². The second kappa shape index (κ2) is 2.55. The zero-order valence-corrected chi connectivity index (χ0v) is 6.54. The van der Waals surface area contributed by atoms with Gasteiger partial charge in [-0.1, -0.05) is 18.2 Å². The molecule has 0 saturated heterocycles. The van der Waals surface area contributed by atoms with Gasteiger partial charge in [0.25, 0.3) is 0 Å². The maximum atomic E-state index is 11.3. The van der Waals surface area contributed by atoms with Gasteiger partial charge in [-0.2, -0.15) is 0 Å². The number of carbonyl (C=O) groups excluding carboxylic acids is 2. The van der Waals surface area contributed by atoms with Crippen molar-refractivity contribution in [3.05, 3.63) is 35.5 Å². The summed E-state index contributed by atoms with van der Waals surface area (Å²) in [4.78, 5) is 22.2. The van der Waals surface area contributed by atoms with Gasteiger partial charge in [-0.25, -0.2) is 0 Å². The van der Waals surface area contributed by atoms with Crippen LogP contribution in [0.1, 0.15) is 12.8 Å². The number of allylic oxidation sites excluding steroid dienone is 6. The summed E-state index contributed by atoms with van der Waals surface area (Å²) < 4.78 is 0. The lowest BCUT2D eigenvalue weighted by molar-refractivity contribution is -0.131. The van der Waals surface area contributed by atoms with Crippen LogP contribution in [-0.4, -0.2) is 11.6 Å². The largest absolute Gasteiger partial charge is 0.286 e. The molecule has 0 aliphatic heterocycles. The van der Waals surface area contributed by atoms with Crippen molar-refractivity contribution < 1.29 is 9.59 Å². The Morgan fingerprint density at radius 3 is 2.58 bits per heavy atom. The maximum absolute atomic E-state index is 11.3. The molecule has 12 heavy (non-hydrogen) atoms. The molecule has 2 rings (SSSR count). The van der Waals surface area contributed by atoms with Gasteiger partial charge in [-0.3, -0.25) is 9.59 Å². The second-order valence-electron chi connectivity index (χ2n) is 2.91. The molecule has 0 aromatic heterocycles. The summed E-state index contributed by atoms with van der Waals surface area (Å²) in [5.41, 5.74) is 1.69. The Labute approximate surface area is 70.3 Å². The number of hydrogen-bond donors (Lipinski definition) is 0. The van der Waals surface area contributed by atoms with E-state index in [1.807, 2.05) is 12.2 Å². The molecule has 0 bridgehead atoms. The zero-order valence-electron chi connectivity index (χ0n) is 6.54. The van der Waals surface area contributed by atoms with Crippen LogP contribution in [0.2, 0.25) is 0 Å². The quantitative estimate of drug-likeness (QED) is 0.304. The number of Topliss-reactive ketones (excluding diaryl/α,β-unsaturated/α-hetero) is 1. The lowest BCUT2D eigenvalue weighted by Gasteiger charge is -2.14.